The number of hydrogen-bond acceptors (Lipinski definition) is 1. The maximum Gasteiger partial charge on any atom is 0.0564 e. The standard InChI is InChI=1S/C17H23NP2/c1-19(2)15-11-7-5-9-13(15)17(18)14-10-6-8-12-16(14)20(3)4/h5-12,17H,18H2,1-4H3. The second kappa shape index (κ2) is 6.81. The molecule has 0 aliphatic rings. The summed E-state index contributed by atoms with van der Waals surface area (Å²) in [4.78, 5) is 0. The van der Waals surface area contributed by atoms with Crippen molar-refractivity contribution in [2.75, 3.05) is 26.7 Å². The van der Waals surface area contributed by atoms with Crippen molar-refractivity contribution in [3.05, 3.63) is 59.7 Å². The average molecular weight is 303 g/mol. The number of benzene rings is 2. The fourth-order valence-corrected chi connectivity index (χ4v) is 4.71. The summed E-state index contributed by atoms with van der Waals surface area (Å²) in [7, 11) is -0.278. The van der Waals surface area contributed by atoms with E-state index < -0.39 is 0 Å². The summed E-state index contributed by atoms with van der Waals surface area (Å²) < 4.78 is 0. The third-order valence-electron chi connectivity index (χ3n) is 3.51. The quantitative estimate of drug-likeness (QED) is 0.860. The van der Waals surface area contributed by atoms with Gasteiger partial charge in [-0.2, -0.15) is 0 Å². The maximum absolute atomic E-state index is 6.61. The molecule has 0 radical (unpaired) electrons. The minimum atomic E-state index is -0.139. The van der Waals surface area contributed by atoms with Gasteiger partial charge in [-0.3, -0.25) is 0 Å². The van der Waals surface area contributed by atoms with Crippen molar-refractivity contribution >= 4 is 26.5 Å². The Bertz CT molecular complexity index is 527. The van der Waals surface area contributed by atoms with Gasteiger partial charge in [0, 0.05) is 0 Å². The van der Waals surface area contributed by atoms with Crippen LogP contribution in [0.4, 0.5) is 0 Å². The van der Waals surface area contributed by atoms with Crippen LogP contribution in [-0.2, 0) is 0 Å². The summed E-state index contributed by atoms with van der Waals surface area (Å²) in [6.45, 7) is 9.16. The fourth-order valence-electron chi connectivity index (χ4n) is 2.48. The van der Waals surface area contributed by atoms with Gasteiger partial charge >= 0.3 is 0 Å². The van der Waals surface area contributed by atoms with E-state index >= 15 is 0 Å². The topological polar surface area (TPSA) is 26.0 Å². The average Bonchev–Trinajstić information content (AvgIpc) is 2.46. The van der Waals surface area contributed by atoms with Crippen molar-refractivity contribution in [1.82, 2.24) is 0 Å². The van der Waals surface area contributed by atoms with Crippen molar-refractivity contribution < 1.29 is 0 Å². The van der Waals surface area contributed by atoms with Crippen LogP contribution in [-0.4, -0.2) is 26.7 Å². The summed E-state index contributed by atoms with van der Waals surface area (Å²) >= 11 is 0. The van der Waals surface area contributed by atoms with Gasteiger partial charge in [0.1, 0.15) is 0 Å². The molecule has 0 unspecified atom stereocenters. The molecule has 0 bridgehead atoms. The van der Waals surface area contributed by atoms with Gasteiger partial charge in [-0.1, -0.05) is 64.4 Å². The van der Waals surface area contributed by atoms with E-state index in [-0.39, 0.29) is 21.9 Å². The Labute approximate surface area is 125 Å². The van der Waals surface area contributed by atoms with Gasteiger partial charge in [-0.15, -0.1) is 0 Å². The number of hydrogen-bond donors (Lipinski definition) is 1. The van der Waals surface area contributed by atoms with Gasteiger partial charge in [0.25, 0.3) is 0 Å². The van der Waals surface area contributed by atoms with Crippen molar-refractivity contribution in [2.24, 2.45) is 5.73 Å². The van der Waals surface area contributed by atoms with Gasteiger partial charge in [-0.25, -0.2) is 0 Å². The predicted octanol–water partition coefficient (Wildman–Crippen LogP) is 3.47. The Morgan fingerprint density at radius 2 is 1.05 bits per heavy atom. The van der Waals surface area contributed by atoms with E-state index in [2.05, 4.69) is 75.2 Å². The molecule has 2 N–H and O–H groups in total. The molecule has 0 saturated carbocycles. The highest BCUT2D eigenvalue weighted by atomic mass is 31.1. The van der Waals surface area contributed by atoms with Gasteiger partial charge in [0.2, 0.25) is 0 Å². The van der Waals surface area contributed by atoms with Crippen LogP contribution in [0, 0.1) is 0 Å². The summed E-state index contributed by atoms with van der Waals surface area (Å²) in [5, 5.41) is 2.84. The van der Waals surface area contributed by atoms with E-state index in [0.29, 0.717) is 0 Å². The molecule has 0 amide bonds. The molecule has 3 heteroatoms. The monoisotopic (exact) mass is 303 g/mol. The van der Waals surface area contributed by atoms with E-state index in [1.165, 1.54) is 21.7 Å². The first-order valence-corrected chi connectivity index (χ1v) is 11.3. The molecule has 0 aromatic heterocycles. The predicted molar refractivity (Wildman–Crippen MR) is 95.7 cm³/mol. The Morgan fingerprint density at radius 3 is 1.40 bits per heavy atom. The van der Waals surface area contributed by atoms with Gasteiger partial charge in [0.05, 0.1) is 6.04 Å². The first-order valence-electron chi connectivity index (χ1n) is 6.80. The Hall–Kier alpha value is -0.740. The van der Waals surface area contributed by atoms with Crippen LogP contribution < -0.4 is 16.3 Å². The summed E-state index contributed by atoms with van der Waals surface area (Å²) in [5.74, 6) is 0. The number of nitrogens with two attached hydrogens (primary N) is 1. The highest BCUT2D eigenvalue weighted by molar-refractivity contribution is 7.64. The lowest BCUT2D eigenvalue weighted by molar-refractivity contribution is 0.885. The van der Waals surface area contributed by atoms with Crippen LogP contribution in [0.3, 0.4) is 0 Å². The van der Waals surface area contributed by atoms with E-state index in [4.69, 9.17) is 5.73 Å². The molecule has 106 valence electrons. The highest BCUT2D eigenvalue weighted by Gasteiger charge is 2.18. The smallest absolute Gasteiger partial charge is 0.0564 e. The van der Waals surface area contributed by atoms with E-state index in [1.807, 2.05) is 0 Å². The van der Waals surface area contributed by atoms with Gasteiger partial charge in [0.15, 0.2) is 0 Å². The largest absolute Gasteiger partial charge is 0.320 e. The molecular formula is C17H23NP2. The van der Waals surface area contributed by atoms with E-state index in [9.17, 15) is 0 Å². The van der Waals surface area contributed by atoms with Crippen LogP contribution in [0.1, 0.15) is 17.2 Å². The Kier molecular flexibility index (Phi) is 5.33. The first-order chi connectivity index (χ1) is 9.52. The Morgan fingerprint density at radius 1 is 0.700 bits per heavy atom. The molecule has 2 rings (SSSR count). The minimum absolute atomic E-state index is 0.0165. The second-order valence-corrected chi connectivity index (χ2v) is 9.93. The van der Waals surface area contributed by atoms with E-state index in [1.54, 1.807) is 0 Å². The molecule has 0 spiro atoms. The molecule has 0 atom stereocenters. The van der Waals surface area contributed by atoms with E-state index in [0.717, 1.165) is 0 Å². The maximum atomic E-state index is 6.61. The van der Waals surface area contributed by atoms with Gasteiger partial charge < -0.3 is 5.73 Å². The van der Waals surface area contributed by atoms with Crippen LogP contribution >= 0.6 is 15.8 Å². The molecule has 2 aromatic carbocycles. The molecule has 1 nitrogen and oxygen atoms in total. The fraction of sp³-hybridized carbons (Fsp3) is 0.294. The summed E-state index contributed by atoms with van der Waals surface area (Å²) in [6, 6.07) is 17.2. The lowest BCUT2D eigenvalue weighted by Gasteiger charge is -2.22. The lowest BCUT2D eigenvalue weighted by atomic mass is 9.99. The summed E-state index contributed by atoms with van der Waals surface area (Å²) in [6.07, 6.45) is 0. The highest BCUT2D eigenvalue weighted by Crippen LogP contribution is 2.32. The van der Waals surface area contributed by atoms with Crippen molar-refractivity contribution in [1.29, 1.82) is 0 Å². The van der Waals surface area contributed by atoms with Crippen molar-refractivity contribution in [3.8, 4) is 0 Å². The summed E-state index contributed by atoms with van der Waals surface area (Å²) in [5.41, 5.74) is 9.18. The minimum Gasteiger partial charge on any atom is -0.320 e. The molecule has 2 aromatic rings. The lowest BCUT2D eigenvalue weighted by Crippen LogP contribution is -2.24. The zero-order valence-corrected chi connectivity index (χ0v) is 14.5. The van der Waals surface area contributed by atoms with Crippen LogP contribution in [0.5, 0.6) is 0 Å². The third-order valence-corrected chi connectivity index (χ3v) is 6.25. The molecule has 0 aliphatic carbocycles. The Balaban J connectivity index is 2.50. The zero-order valence-electron chi connectivity index (χ0n) is 12.7. The van der Waals surface area contributed by atoms with Crippen molar-refractivity contribution in [2.45, 2.75) is 6.04 Å². The molecule has 0 saturated heterocycles. The molecule has 20 heavy (non-hydrogen) atoms. The van der Waals surface area contributed by atoms with Gasteiger partial charge in [-0.05, 0) is 48.4 Å². The van der Waals surface area contributed by atoms with Crippen LogP contribution in [0.2, 0.25) is 0 Å². The van der Waals surface area contributed by atoms with Crippen molar-refractivity contribution in [3.63, 3.8) is 0 Å². The first kappa shape index (κ1) is 15.6. The third kappa shape index (κ3) is 3.29. The normalized spacial score (nSPS) is 11.6. The molecule has 0 aliphatic heterocycles. The molecule has 0 fully saturated rings. The van der Waals surface area contributed by atoms with Crippen LogP contribution in [0.15, 0.2) is 48.5 Å². The zero-order chi connectivity index (χ0) is 14.7. The second-order valence-electron chi connectivity index (χ2n) is 5.38. The number of rotatable bonds is 4. The SMILES string of the molecule is CP(C)c1ccccc1C(N)c1ccccc1P(C)C. The molecule has 0 heterocycles. The molecular weight excluding hydrogens is 280 g/mol. The van der Waals surface area contributed by atoms with Crippen LogP contribution in [0.25, 0.3) is 0 Å².